The van der Waals surface area contributed by atoms with Crippen LogP contribution in [0, 0.1) is 11.6 Å². The smallest absolute Gasteiger partial charge is 0.266 e. The summed E-state index contributed by atoms with van der Waals surface area (Å²) in [6, 6.07) is 1.59. The molecule has 11 heteroatoms. The van der Waals surface area contributed by atoms with Gasteiger partial charge < -0.3 is 30.6 Å². The van der Waals surface area contributed by atoms with Crippen LogP contribution in [-0.4, -0.2) is 44.6 Å². The first-order chi connectivity index (χ1) is 15.8. The summed E-state index contributed by atoms with van der Waals surface area (Å²) in [6.45, 7) is 0.655. The lowest BCUT2D eigenvalue weighted by Crippen LogP contribution is -2.35. The third-order valence-electron chi connectivity index (χ3n) is 6.49. The van der Waals surface area contributed by atoms with Gasteiger partial charge in [-0.1, -0.05) is 0 Å². The molecule has 1 fully saturated rings. The lowest BCUT2D eigenvalue weighted by atomic mass is 9.96. The second-order valence-corrected chi connectivity index (χ2v) is 8.39. The number of nitrogens with one attached hydrogen (secondary N) is 1. The average Bonchev–Trinajstić information content (AvgIpc) is 3.27. The highest BCUT2D eigenvalue weighted by molar-refractivity contribution is 5.89. The van der Waals surface area contributed by atoms with Gasteiger partial charge in [-0.3, -0.25) is 0 Å². The number of aromatic nitrogens is 2. The zero-order valence-corrected chi connectivity index (χ0v) is 17.3. The third kappa shape index (κ3) is 3.51. The molecule has 176 valence electrons. The molecule has 5 rings (SSSR count). The normalized spacial score (nSPS) is 25.1. The second-order valence-electron chi connectivity index (χ2n) is 8.39. The lowest BCUT2D eigenvalue weighted by molar-refractivity contribution is -0.0168. The maximum Gasteiger partial charge on any atom is 0.266 e. The Kier molecular flexibility index (Phi) is 5.42. The molecule has 1 aromatic carbocycles. The van der Waals surface area contributed by atoms with Crippen LogP contribution < -0.4 is 15.8 Å². The molecule has 7 nitrogen and oxygen atoms in total. The minimum absolute atomic E-state index is 0.0247. The van der Waals surface area contributed by atoms with Crippen molar-refractivity contribution in [2.75, 3.05) is 12.3 Å². The molecule has 1 aliphatic heterocycles. The topological polar surface area (TPSA) is 106 Å². The van der Waals surface area contributed by atoms with Crippen LogP contribution in [0.4, 0.5) is 23.2 Å². The van der Waals surface area contributed by atoms with Crippen molar-refractivity contribution in [3.05, 3.63) is 52.9 Å². The van der Waals surface area contributed by atoms with Crippen LogP contribution in [0.15, 0.2) is 24.5 Å². The van der Waals surface area contributed by atoms with Crippen molar-refractivity contribution in [2.24, 2.45) is 0 Å². The predicted octanol–water partition coefficient (Wildman–Crippen LogP) is 2.59. The summed E-state index contributed by atoms with van der Waals surface area (Å²) in [5.41, 5.74) is 6.02. The molecular formula is C22H22F4N4O3. The SMILES string of the molecule is Nc1ccnc2c1c(F)cn2C1CC(Oc2cc(C(F)F)c(F)c3c2CNCC3)C(O)C1O. The lowest BCUT2D eigenvalue weighted by Gasteiger charge is -2.26. The first-order valence-corrected chi connectivity index (χ1v) is 10.5. The molecule has 5 N–H and O–H groups in total. The second kappa shape index (κ2) is 8.15. The van der Waals surface area contributed by atoms with Gasteiger partial charge in [0, 0.05) is 36.6 Å². The van der Waals surface area contributed by atoms with E-state index in [2.05, 4.69) is 10.3 Å². The number of aliphatic hydroxyl groups excluding tert-OH is 2. The van der Waals surface area contributed by atoms with E-state index in [4.69, 9.17) is 10.5 Å². The predicted molar refractivity (Wildman–Crippen MR) is 111 cm³/mol. The Bertz CT molecular complexity index is 1220. The number of alkyl halides is 2. The largest absolute Gasteiger partial charge is 0.487 e. The van der Waals surface area contributed by atoms with Crippen LogP contribution >= 0.6 is 0 Å². The molecule has 1 aliphatic carbocycles. The van der Waals surface area contributed by atoms with Crippen molar-refractivity contribution < 1.29 is 32.5 Å². The van der Waals surface area contributed by atoms with Gasteiger partial charge in [0.1, 0.15) is 35.5 Å². The van der Waals surface area contributed by atoms with Crippen LogP contribution in [0.2, 0.25) is 0 Å². The van der Waals surface area contributed by atoms with E-state index in [1.54, 1.807) is 0 Å². The van der Waals surface area contributed by atoms with E-state index in [0.717, 1.165) is 12.3 Å². The van der Waals surface area contributed by atoms with Crippen LogP contribution in [0.1, 0.15) is 35.6 Å². The quantitative estimate of drug-likeness (QED) is 0.441. The number of nitrogens with two attached hydrogens (primary N) is 1. The van der Waals surface area contributed by atoms with Crippen LogP contribution in [-0.2, 0) is 13.0 Å². The van der Waals surface area contributed by atoms with E-state index < -0.39 is 48.0 Å². The molecule has 1 saturated carbocycles. The first kappa shape index (κ1) is 21.9. The van der Waals surface area contributed by atoms with Gasteiger partial charge in [0.15, 0.2) is 5.82 Å². The van der Waals surface area contributed by atoms with Crippen LogP contribution in [0.25, 0.3) is 11.0 Å². The maximum absolute atomic E-state index is 14.6. The van der Waals surface area contributed by atoms with E-state index in [-0.39, 0.29) is 47.4 Å². The van der Waals surface area contributed by atoms with Crippen LogP contribution in [0.5, 0.6) is 5.75 Å². The summed E-state index contributed by atoms with van der Waals surface area (Å²) in [7, 11) is 0. The molecule has 0 spiro atoms. The first-order valence-electron chi connectivity index (χ1n) is 10.5. The van der Waals surface area contributed by atoms with Gasteiger partial charge in [-0.2, -0.15) is 0 Å². The molecule has 0 amide bonds. The number of nitrogen functional groups attached to an aromatic ring is 1. The summed E-state index contributed by atoms with van der Waals surface area (Å²) in [6.07, 6.45) is -3.98. The van der Waals surface area contributed by atoms with Gasteiger partial charge in [-0.25, -0.2) is 22.5 Å². The third-order valence-corrected chi connectivity index (χ3v) is 6.49. The van der Waals surface area contributed by atoms with Gasteiger partial charge in [-0.05, 0) is 30.7 Å². The van der Waals surface area contributed by atoms with E-state index in [9.17, 15) is 27.8 Å². The van der Waals surface area contributed by atoms with E-state index >= 15 is 0 Å². The van der Waals surface area contributed by atoms with Crippen molar-refractivity contribution in [1.82, 2.24) is 14.9 Å². The summed E-state index contributed by atoms with van der Waals surface area (Å²) in [5, 5.41) is 24.5. The zero-order chi connectivity index (χ0) is 23.4. The number of hydrogen-bond donors (Lipinski definition) is 4. The molecule has 0 bridgehead atoms. The summed E-state index contributed by atoms with van der Waals surface area (Å²) < 4.78 is 63.3. The highest BCUT2D eigenvalue weighted by Gasteiger charge is 2.45. The molecule has 0 radical (unpaired) electrons. The summed E-state index contributed by atoms with van der Waals surface area (Å²) in [4.78, 5) is 4.15. The Hall–Kier alpha value is -2.89. The molecule has 3 heterocycles. The Labute approximate surface area is 185 Å². The minimum Gasteiger partial charge on any atom is -0.487 e. The van der Waals surface area contributed by atoms with Gasteiger partial charge in [0.25, 0.3) is 6.43 Å². The van der Waals surface area contributed by atoms with Crippen LogP contribution in [0.3, 0.4) is 0 Å². The number of aliphatic hydroxyl groups is 2. The van der Waals surface area contributed by atoms with Crippen molar-refractivity contribution in [1.29, 1.82) is 0 Å². The standard InChI is InChI=1S/C22H22F4N4O3/c23-12-8-30(22-17(12)13(27)2-4-29-22)14-6-16(20(32)19(14)31)33-15-5-10(21(25)26)18(24)9-1-3-28-7-11(9)15/h2,4-5,8,14,16,19-21,28,31-32H,1,3,6-7H2,(H2,27,29). The van der Waals surface area contributed by atoms with Crippen molar-refractivity contribution in [2.45, 2.75) is 50.2 Å². The molecule has 3 aromatic rings. The Morgan fingerprint density at radius 1 is 1.21 bits per heavy atom. The Morgan fingerprint density at radius 2 is 2.00 bits per heavy atom. The molecule has 0 saturated heterocycles. The molecule has 2 aliphatic rings. The molecule has 4 atom stereocenters. The Balaban J connectivity index is 1.49. The summed E-state index contributed by atoms with van der Waals surface area (Å²) >= 11 is 0. The maximum atomic E-state index is 14.6. The average molecular weight is 466 g/mol. The fourth-order valence-corrected chi connectivity index (χ4v) is 4.82. The number of ether oxygens (including phenoxy) is 1. The number of rotatable bonds is 4. The minimum atomic E-state index is -3.04. The molecule has 33 heavy (non-hydrogen) atoms. The molecular weight excluding hydrogens is 444 g/mol. The van der Waals surface area contributed by atoms with Gasteiger partial charge in [0.05, 0.1) is 17.0 Å². The highest BCUT2D eigenvalue weighted by Crippen LogP contribution is 2.40. The van der Waals surface area contributed by atoms with E-state index in [1.165, 1.54) is 16.8 Å². The number of nitrogens with zero attached hydrogens (tertiary/aromatic N) is 2. The van der Waals surface area contributed by atoms with Gasteiger partial charge in [0.2, 0.25) is 0 Å². The van der Waals surface area contributed by atoms with Crippen molar-refractivity contribution >= 4 is 16.7 Å². The highest BCUT2D eigenvalue weighted by atomic mass is 19.3. The number of anilines is 1. The molecule has 2 aromatic heterocycles. The number of halogens is 4. The van der Waals surface area contributed by atoms with E-state index in [0.29, 0.717) is 12.1 Å². The van der Waals surface area contributed by atoms with Crippen molar-refractivity contribution in [3.8, 4) is 5.75 Å². The van der Waals surface area contributed by atoms with Gasteiger partial charge >= 0.3 is 0 Å². The number of pyridine rings is 1. The molecule has 4 unspecified atom stereocenters. The summed E-state index contributed by atoms with van der Waals surface area (Å²) in [5.74, 6) is -1.55. The zero-order valence-electron chi connectivity index (χ0n) is 17.3. The number of benzene rings is 1. The number of fused-ring (bicyclic) bond motifs is 2. The fourth-order valence-electron chi connectivity index (χ4n) is 4.82. The van der Waals surface area contributed by atoms with Crippen molar-refractivity contribution in [3.63, 3.8) is 0 Å². The fraction of sp³-hybridized carbons (Fsp3) is 0.409. The Morgan fingerprint density at radius 3 is 2.76 bits per heavy atom. The van der Waals surface area contributed by atoms with Gasteiger partial charge in [-0.15, -0.1) is 0 Å². The number of hydrogen-bond acceptors (Lipinski definition) is 6. The van der Waals surface area contributed by atoms with E-state index in [1.807, 2.05) is 0 Å². The monoisotopic (exact) mass is 466 g/mol.